The topological polar surface area (TPSA) is 125 Å². The summed E-state index contributed by atoms with van der Waals surface area (Å²) in [7, 11) is -3.64. The van der Waals surface area contributed by atoms with Crippen LogP contribution in [0.4, 0.5) is 22.0 Å². The number of anilines is 3. The lowest BCUT2D eigenvalue weighted by Crippen LogP contribution is -2.38. The summed E-state index contributed by atoms with van der Waals surface area (Å²) >= 11 is 0. The molecule has 0 saturated carbocycles. The summed E-state index contributed by atoms with van der Waals surface area (Å²) in [6.45, 7) is 10.5. The second-order valence-corrected chi connectivity index (χ2v) is 14.8. The van der Waals surface area contributed by atoms with E-state index in [1.807, 2.05) is 61.5 Å². The van der Waals surface area contributed by atoms with Crippen LogP contribution in [0.15, 0.2) is 83.8 Å². The summed E-state index contributed by atoms with van der Waals surface area (Å²) in [5.74, 6) is 0.620. The lowest BCUT2D eigenvalue weighted by atomic mass is 9.90. The van der Waals surface area contributed by atoms with E-state index in [-0.39, 0.29) is 28.2 Å². The van der Waals surface area contributed by atoms with Gasteiger partial charge in [0, 0.05) is 42.9 Å². The van der Waals surface area contributed by atoms with Gasteiger partial charge in [-0.15, -0.1) is 0 Å². The Balaban J connectivity index is 1.23. The SMILES string of the molecule is CC(=O)Nc1ccc(S(=O)(=O)N2CCC(Cc3ccccc3NC(=O)Nc3cc(C(C)(C)C)nn3-c3ccc(C)cc3)CC2)cc1. The Morgan fingerprint density at radius 1 is 0.891 bits per heavy atom. The van der Waals surface area contributed by atoms with Gasteiger partial charge in [0.1, 0.15) is 5.82 Å². The molecule has 242 valence electrons. The first-order chi connectivity index (χ1) is 21.8. The Kier molecular flexibility index (Phi) is 9.64. The number of carbonyl (C=O) groups is 2. The van der Waals surface area contributed by atoms with E-state index in [9.17, 15) is 18.0 Å². The maximum Gasteiger partial charge on any atom is 0.324 e. The van der Waals surface area contributed by atoms with Crippen LogP contribution in [-0.4, -0.2) is 47.5 Å². The summed E-state index contributed by atoms with van der Waals surface area (Å²) in [4.78, 5) is 24.8. The molecule has 1 aliphatic heterocycles. The summed E-state index contributed by atoms with van der Waals surface area (Å²) < 4.78 is 29.8. The second kappa shape index (κ2) is 13.5. The highest BCUT2D eigenvalue weighted by Gasteiger charge is 2.30. The highest BCUT2D eigenvalue weighted by Crippen LogP contribution is 2.30. The maximum absolute atomic E-state index is 13.3. The Hall–Kier alpha value is -4.48. The zero-order chi connectivity index (χ0) is 33.1. The van der Waals surface area contributed by atoms with Crippen LogP contribution in [-0.2, 0) is 26.7 Å². The van der Waals surface area contributed by atoms with Gasteiger partial charge in [-0.1, -0.05) is 56.7 Å². The summed E-state index contributed by atoms with van der Waals surface area (Å²) in [6, 6.07) is 23.5. The molecule has 4 aromatic rings. The molecule has 1 saturated heterocycles. The molecule has 0 atom stereocenters. The number of hydrogen-bond donors (Lipinski definition) is 3. The van der Waals surface area contributed by atoms with Crippen molar-refractivity contribution in [2.45, 2.75) is 64.2 Å². The summed E-state index contributed by atoms with van der Waals surface area (Å²) in [5, 5.41) is 13.5. The average molecular weight is 643 g/mol. The number of nitrogens with one attached hydrogen (secondary N) is 3. The molecule has 0 bridgehead atoms. The standard InChI is InChI=1S/C35H42N6O4S/c1-24-10-14-29(15-11-24)41-33(23-32(39-41)35(3,4)5)38-34(43)37-31-9-7-6-8-27(31)22-26-18-20-40(21-19-26)46(44,45)30-16-12-28(13-17-30)36-25(2)42/h6-17,23,26H,18-22H2,1-5H3,(H,36,42)(H2,37,38,43). The molecule has 11 heteroatoms. The Labute approximate surface area is 271 Å². The van der Waals surface area contributed by atoms with Crippen molar-refractivity contribution in [1.29, 1.82) is 0 Å². The number of para-hydroxylation sites is 1. The van der Waals surface area contributed by atoms with Crippen molar-refractivity contribution in [1.82, 2.24) is 14.1 Å². The van der Waals surface area contributed by atoms with Gasteiger partial charge in [-0.05, 0) is 80.1 Å². The van der Waals surface area contributed by atoms with Crippen molar-refractivity contribution in [3.63, 3.8) is 0 Å². The average Bonchev–Trinajstić information content (AvgIpc) is 3.43. The molecule has 0 spiro atoms. The normalized spacial score (nSPS) is 14.5. The first-order valence-electron chi connectivity index (χ1n) is 15.5. The van der Waals surface area contributed by atoms with Crippen LogP contribution in [0.5, 0.6) is 0 Å². The van der Waals surface area contributed by atoms with E-state index >= 15 is 0 Å². The number of sulfonamides is 1. The smallest absolute Gasteiger partial charge is 0.324 e. The first-order valence-corrected chi connectivity index (χ1v) is 16.9. The molecule has 0 aliphatic carbocycles. The molecule has 3 aromatic carbocycles. The summed E-state index contributed by atoms with van der Waals surface area (Å²) in [5.41, 5.74) is 4.91. The Morgan fingerprint density at radius 2 is 1.54 bits per heavy atom. The van der Waals surface area contributed by atoms with Crippen LogP contribution in [0, 0.1) is 12.8 Å². The van der Waals surface area contributed by atoms with Crippen LogP contribution in [0.2, 0.25) is 0 Å². The molecule has 3 amide bonds. The van der Waals surface area contributed by atoms with Gasteiger partial charge in [-0.3, -0.25) is 10.1 Å². The Bertz CT molecular complexity index is 1800. The van der Waals surface area contributed by atoms with E-state index in [2.05, 4.69) is 36.7 Å². The quantitative estimate of drug-likeness (QED) is 0.197. The number of aromatic nitrogens is 2. The van der Waals surface area contributed by atoms with E-state index in [1.54, 1.807) is 16.8 Å². The second-order valence-electron chi connectivity index (χ2n) is 12.9. The maximum atomic E-state index is 13.3. The van der Waals surface area contributed by atoms with Crippen molar-refractivity contribution in [3.05, 3.63) is 95.7 Å². The van der Waals surface area contributed by atoms with Crippen LogP contribution < -0.4 is 16.0 Å². The van der Waals surface area contributed by atoms with Gasteiger partial charge in [0.2, 0.25) is 15.9 Å². The molecular formula is C35H42N6O4S. The van der Waals surface area contributed by atoms with Crippen LogP contribution in [0.3, 0.4) is 0 Å². The van der Waals surface area contributed by atoms with Gasteiger partial charge in [0.05, 0.1) is 16.3 Å². The monoisotopic (exact) mass is 642 g/mol. The van der Waals surface area contributed by atoms with Crippen molar-refractivity contribution in [2.24, 2.45) is 5.92 Å². The number of hydrogen-bond acceptors (Lipinski definition) is 5. The molecule has 2 heterocycles. The number of piperidine rings is 1. The van der Waals surface area contributed by atoms with Crippen LogP contribution in [0.25, 0.3) is 5.69 Å². The molecule has 1 aromatic heterocycles. The van der Waals surface area contributed by atoms with Gasteiger partial charge < -0.3 is 10.6 Å². The van der Waals surface area contributed by atoms with Gasteiger partial charge in [-0.2, -0.15) is 9.40 Å². The molecule has 5 rings (SSSR count). The van der Waals surface area contributed by atoms with Gasteiger partial charge >= 0.3 is 6.03 Å². The number of carbonyl (C=O) groups excluding carboxylic acids is 2. The molecule has 10 nitrogen and oxygen atoms in total. The molecular weight excluding hydrogens is 600 g/mol. The molecule has 0 unspecified atom stereocenters. The third-order valence-corrected chi connectivity index (χ3v) is 10.1. The molecule has 3 N–H and O–H groups in total. The highest BCUT2D eigenvalue weighted by atomic mass is 32.2. The summed E-state index contributed by atoms with van der Waals surface area (Å²) in [6.07, 6.45) is 2.12. The minimum atomic E-state index is -3.64. The number of nitrogens with zero attached hydrogens (tertiary/aromatic N) is 3. The first kappa shape index (κ1) is 32.9. The molecule has 0 radical (unpaired) electrons. The molecule has 46 heavy (non-hydrogen) atoms. The minimum absolute atomic E-state index is 0.206. The van der Waals surface area contributed by atoms with Gasteiger partial charge in [0.25, 0.3) is 0 Å². The predicted molar refractivity (Wildman–Crippen MR) is 182 cm³/mol. The van der Waals surface area contributed by atoms with Crippen molar-refractivity contribution in [3.8, 4) is 5.69 Å². The van der Waals surface area contributed by atoms with Crippen LogP contribution >= 0.6 is 0 Å². The number of rotatable bonds is 8. The van der Waals surface area contributed by atoms with E-state index in [1.165, 1.54) is 23.4 Å². The fourth-order valence-corrected chi connectivity index (χ4v) is 7.01. The zero-order valence-electron chi connectivity index (χ0n) is 27.0. The van der Waals surface area contributed by atoms with E-state index < -0.39 is 10.0 Å². The van der Waals surface area contributed by atoms with Crippen molar-refractivity contribution >= 4 is 39.2 Å². The number of urea groups is 1. The van der Waals surface area contributed by atoms with Crippen molar-refractivity contribution < 1.29 is 18.0 Å². The number of aryl methyl sites for hydroxylation is 1. The fourth-order valence-electron chi connectivity index (χ4n) is 5.54. The predicted octanol–water partition coefficient (Wildman–Crippen LogP) is 6.72. The van der Waals surface area contributed by atoms with Crippen molar-refractivity contribution in [2.75, 3.05) is 29.0 Å². The molecule has 1 aliphatic rings. The van der Waals surface area contributed by atoms with E-state index in [0.717, 1.165) is 22.5 Å². The lowest BCUT2D eigenvalue weighted by molar-refractivity contribution is -0.114. The highest BCUT2D eigenvalue weighted by molar-refractivity contribution is 7.89. The fraction of sp³-hybridized carbons (Fsp3) is 0.343. The van der Waals surface area contributed by atoms with Gasteiger partial charge in [-0.25, -0.2) is 17.9 Å². The minimum Gasteiger partial charge on any atom is -0.326 e. The zero-order valence-corrected chi connectivity index (χ0v) is 27.8. The van der Waals surface area contributed by atoms with E-state index in [0.29, 0.717) is 49.5 Å². The lowest BCUT2D eigenvalue weighted by Gasteiger charge is -2.31. The Morgan fingerprint density at radius 3 is 2.17 bits per heavy atom. The third kappa shape index (κ3) is 7.83. The van der Waals surface area contributed by atoms with Gasteiger partial charge in [0.15, 0.2) is 0 Å². The van der Waals surface area contributed by atoms with Crippen LogP contribution in [0.1, 0.15) is 57.4 Å². The molecule has 1 fully saturated rings. The number of benzene rings is 3. The van der Waals surface area contributed by atoms with E-state index in [4.69, 9.17) is 5.10 Å². The third-order valence-electron chi connectivity index (χ3n) is 8.16. The number of amides is 3. The largest absolute Gasteiger partial charge is 0.326 e.